The Morgan fingerprint density at radius 1 is 1.24 bits per heavy atom. The lowest BCUT2D eigenvalue weighted by atomic mass is 10.1. The first-order valence-electron chi connectivity index (χ1n) is 7.44. The molecule has 0 atom stereocenters. The topological polar surface area (TPSA) is 71.3 Å². The summed E-state index contributed by atoms with van der Waals surface area (Å²) in [7, 11) is 3.10. The summed E-state index contributed by atoms with van der Waals surface area (Å²) in [5.41, 5.74) is 1.68. The molecule has 25 heavy (non-hydrogen) atoms. The monoisotopic (exact) mass is 448 g/mol. The molecule has 0 aliphatic carbocycles. The summed E-state index contributed by atoms with van der Waals surface area (Å²) < 4.78 is 11.4. The van der Waals surface area contributed by atoms with Gasteiger partial charge in [-0.2, -0.15) is 5.26 Å². The molecule has 1 amide bonds. The van der Waals surface area contributed by atoms with Crippen molar-refractivity contribution >= 4 is 34.6 Å². The number of hydrogen-bond donors (Lipinski definition) is 1. The predicted molar refractivity (Wildman–Crippen MR) is 104 cm³/mol. The van der Waals surface area contributed by atoms with E-state index < -0.39 is 5.91 Å². The molecule has 0 saturated heterocycles. The van der Waals surface area contributed by atoms with E-state index in [0.29, 0.717) is 23.6 Å². The first-order valence-corrected chi connectivity index (χ1v) is 8.52. The fraction of sp³-hybridized carbons (Fsp3) is 0.158. The van der Waals surface area contributed by atoms with E-state index >= 15 is 0 Å². The van der Waals surface area contributed by atoms with Gasteiger partial charge < -0.3 is 14.8 Å². The van der Waals surface area contributed by atoms with Gasteiger partial charge in [0.1, 0.15) is 11.6 Å². The van der Waals surface area contributed by atoms with E-state index in [9.17, 15) is 10.1 Å². The smallest absolute Gasteiger partial charge is 0.262 e. The molecule has 0 bridgehead atoms. The average Bonchev–Trinajstić information content (AvgIpc) is 2.64. The number of nitrogens with one attached hydrogen (secondary N) is 1. The van der Waals surface area contributed by atoms with Crippen molar-refractivity contribution in [3.8, 4) is 17.6 Å². The molecule has 0 aromatic heterocycles. The van der Waals surface area contributed by atoms with Crippen LogP contribution in [0.1, 0.15) is 11.1 Å². The highest BCUT2D eigenvalue weighted by Gasteiger charge is 2.13. The van der Waals surface area contributed by atoms with E-state index in [1.54, 1.807) is 20.3 Å². The lowest BCUT2D eigenvalue weighted by Crippen LogP contribution is -2.23. The summed E-state index contributed by atoms with van der Waals surface area (Å²) in [5.74, 6) is 0.742. The zero-order valence-electron chi connectivity index (χ0n) is 13.9. The molecular formula is C19H17IN2O3. The van der Waals surface area contributed by atoms with Gasteiger partial charge in [0.2, 0.25) is 0 Å². The van der Waals surface area contributed by atoms with E-state index in [2.05, 4.69) is 27.9 Å². The second kappa shape index (κ2) is 9.08. The number of ether oxygens (including phenoxy) is 2. The molecule has 2 rings (SSSR count). The van der Waals surface area contributed by atoms with Crippen LogP contribution in [0.2, 0.25) is 0 Å². The van der Waals surface area contributed by atoms with Crippen LogP contribution in [0.15, 0.2) is 48.0 Å². The van der Waals surface area contributed by atoms with Gasteiger partial charge in [-0.25, -0.2) is 0 Å². The Hall–Kier alpha value is -2.53. The molecule has 0 spiro atoms. The maximum Gasteiger partial charge on any atom is 0.262 e. The van der Waals surface area contributed by atoms with Gasteiger partial charge >= 0.3 is 0 Å². The van der Waals surface area contributed by atoms with Gasteiger partial charge in [-0.1, -0.05) is 30.3 Å². The first kappa shape index (κ1) is 18.8. The fourth-order valence-corrected chi connectivity index (χ4v) is 3.06. The molecule has 128 valence electrons. The molecule has 0 heterocycles. The molecule has 0 radical (unpaired) electrons. The van der Waals surface area contributed by atoms with Crippen LogP contribution >= 0.6 is 22.6 Å². The van der Waals surface area contributed by atoms with Crippen LogP contribution in [0, 0.1) is 14.9 Å². The average molecular weight is 448 g/mol. The van der Waals surface area contributed by atoms with Gasteiger partial charge in [-0.15, -0.1) is 0 Å². The lowest BCUT2D eigenvalue weighted by molar-refractivity contribution is -0.117. The zero-order chi connectivity index (χ0) is 18.2. The summed E-state index contributed by atoms with van der Waals surface area (Å²) >= 11 is 2.12. The van der Waals surface area contributed by atoms with Gasteiger partial charge in [0.05, 0.1) is 17.8 Å². The molecular weight excluding hydrogens is 431 g/mol. The normalized spacial score (nSPS) is 10.7. The van der Waals surface area contributed by atoms with Crippen LogP contribution in [0.25, 0.3) is 6.08 Å². The van der Waals surface area contributed by atoms with Crippen molar-refractivity contribution < 1.29 is 14.3 Å². The summed E-state index contributed by atoms with van der Waals surface area (Å²) in [5, 5.41) is 12.1. The minimum Gasteiger partial charge on any atom is -0.493 e. The van der Waals surface area contributed by atoms with Gasteiger partial charge in [0.25, 0.3) is 5.91 Å². The molecule has 6 heteroatoms. The SMILES string of the molecule is COc1cc(/C=C(\C#N)C(=O)NCc2ccccc2)cc(I)c1OC. The molecule has 2 aromatic rings. The van der Waals surface area contributed by atoms with Gasteiger partial charge in [-0.05, 0) is 51.9 Å². The molecule has 0 aliphatic heterocycles. The molecule has 2 aromatic carbocycles. The summed E-state index contributed by atoms with van der Waals surface area (Å²) in [4.78, 5) is 12.3. The number of rotatable bonds is 6. The Morgan fingerprint density at radius 3 is 2.56 bits per heavy atom. The second-order valence-corrected chi connectivity index (χ2v) is 6.24. The quantitative estimate of drug-likeness (QED) is 0.417. The van der Waals surface area contributed by atoms with Crippen molar-refractivity contribution in [2.45, 2.75) is 6.54 Å². The molecule has 0 fully saturated rings. The van der Waals surface area contributed by atoms with Crippen LogP contribution in [0.3, 0.4) is 0 Å². The third-order valence-electron chi connectivity index (χ3n) is 3.43. The highest BCUT2D eigenvalue weighted by molar-refractivity contribution is 14.1. The largest absolute Gasteiger partial charge is 0.493 e. The van der Waals surface area contributed by atoms with Crippen LogP contribution in [-0.4, -0.2) is 20.1 Å². The number of halogens is 1. The Kier molecular flexibility index (Phi) is 6.83. The van der Waals surface area contributed by atoms with Crippen molar-refractivity contribution in [3.63, 3.8) is 0 Å². The highest BCUT2D eigenvalue weighted by Crippen LogP contribution is 2.34. The molecule has 0 unspecified atom stereocenters. The minimum absolute atomic E-state index is 0.0268. The molecule has 0 aliphatic rings. The number of carbonyl (C=O) groups is 1. The summed E-state index contributed by atoms with van der Waals surface area (Å²) in [6.07, 6.45) is 1.53. The summed E-state index contributed by atoms with van der Waals surface area (Å²) in [6, 6.07) is 15.0. The Bertz CT molecular complexity index is 827. The first-order chi connectivity index (χ1) is 12.1. The van der Waals surface area contributed by atoms with Crippen molar-refractivity contribution in [2.75, 3.05) is 14.2 Å². The van der Waals surface area contributed by atoms with E-state index in [-0.39, 0.29) is 5.57 Å². The number of amides is 1. The Balaban J connectivity index is 2.20. The highest BCUT2D eigenvalue weighted by atomic mass is 127. The third-order valence-corrected chi connectivity index (χ3v) is 4.23. The van der Waals surface area contributed by atoms with Crippen LogP contribution < -0.4 is 14.8 Å². The van der Waals surface area contributed by atoms with Crippen LogP contribution in [0.4, 0.5) is 0 Å². The molecule has 0 saturated carbocycles. The number of carbonyl (C=O) groups excluding carboxylic acids is 1. The van der Waals surface area contributed by atoms with Gasteiger partial charge in [0, 0.05) is 6.54 Å². The molecule has 1 N–H and O–H groups in total. The van der Waals surface area contributed by atoms with Gasteiger partial charge in [-0.3, -0.25) is 4.79 Å². The standard InChI is InChI=1S/C19H17IN2O3/c1-24-17-10-14(9-16(20)18(17)25-2)8-15(11-21)19(23)22-12-13-6-4-3-5-7-13/h3-10H,12H2,1-2H3,(H,22,23)/b15-8+. The number of methoxy groups -OCH3 is 2. The number of nitriles is 1. The Labute approximate surface area is 160 Å². The van der Waals surface area contributed by atoms with Crippen molar-refractivity contribution in [1.82, 2.24) is 5.32 Å². The zero-order valence-corrected chi connectivity index (χ0v) is 16.0. The number of benzene rings is 2. The van der Waals surface area contributed by atoms with E-state index in [1.165, 1.54) is 6.08 Å². The van der Waals surface area contributed by atoms with Gasteiger partial charge in [0.15, 0.2) is 11.5 Å². The van der Waals surface area contributed by atoms with E-state index in [1.807, 2.05) is 42.5 Å². The lowest BCUT2D eigenvalue weighted by Gasteiger charge is -2.11. The van der Waals surface area contributed by atoms with Crippen molar-refractivity contribution in [1.29, 1.82) is 5.26 Å². The van der Waals surface area contributed by atoms with Crippen molar-refractivity contribution in [3.05, 3.63) is 62.7 Å². The maximum absolute atomic E-state index is 12.3. The van der Waals surface area contributed by atoms with Crippen LogP contribution in [0.5, 0.6) is 11.5 Å². The van der Waals surface area contributed by atoms with Crippen molar-refractivity contribution in [2.24, 2.45) is 0 Å². The number of nitrogens with zero attached hydrogens (tertiary/aromatic N) is 1. The maximum atomic E-state index is 12.3. The van der Waals surface area contributed by atoms with E-state index in [4.69, 9.17) is 9.47 Å². The fourth-order valence-electron chi connectivity index (χ4n) is 2.21. The minimum atomic E-state index is -0.420. The molecule has 5 nitrogen and oxygen atoms in total. The van der Waals surface area contributed by atoms with Crippen LogP contribution in [-0.2, 0) is 11.3 Å². The van der Waals surface area contributed by atoms with E-state index in [0.717, 1.165) is 9.13 Å². The third kappa shape index (κ3) is 4.97. The number of hydrogen-bond acceptors (Lipinski definition) is 4. The summed E-state index contributed by atoms with van der Waals surface area (Å²) in [6.45, 7) is 0.363. The predicted octanol–water partition coefficient (Wildman–Crippen LogP) is 3.53. The Morgan fingerprint density at radius 2 is 1.96 bits per heavy atom. The second-order valence-electron chi connectivity index (χ2n) is 5.08.